The molecule has 0 atom stereocenters. The Morgan fingerprint density at radius 2 is 1.72 bits per heavy atom. The van der Waals surface area contributed by atoms with Crippen molar-refractivity contribution >= 4 is 0 Å². The van der Waals surface area contributed by atoms with E-state index in [1.165, 1.54) is 17.1 Å². The number of ether oxygens (including phenoxy) is 2. The van der Waals surface area contributed by atoms with Crippen LogP contribution in [0.2, 0.25) is 0 Å². The molecule has 2 aromatic rings. The molecule has 2 heterocycles. The average Bonchev–Trinajstić information content (AvgIpc) is 2.99. The molecule has 1 aromatic carbocycles. The van der Waals surface area contributed by atoms with E-state index < -0.39 is 0 Å². The van der Waals surface area contributed by atoms with Crippen LogP contribution in [0.15, 0.2) is 36.4 Å². The summed E-state index contributed by atoms with van der Waals surface area (Å²) in [4.78, 5) is 0. The van der Waals surface area contributed by atoms with Crippen molar-refractivity contribution < 1.29 is 9.47 Å². The maximum absolute atomic E-state index is 5.59. The number of rotatable bonds is 2. The maximum atomic E-state index is 5.59. The van der Waals surface area contributed by atoms with Crippen LogP contribution in [0, 0.1) is 13.8 Å². The molecule has 0 aliphatic carbocycles. The summed E-state index contributed by atoms with van der Waals surface area (Å²) in [5.74, 6) is 0. The first-order valence-corrected chi connectivity index (χ1v) is 6.25. The molecule has 18 heavy (non-hydrogen) atoms. The van der Waals surface area contributed by atoms with E-state index in [1.54, 1.807) is 0 Å². The van der Waals surface area contributed by atoms with Gasteiger partial charge in [-0.15, -0.1) is 0 Å². The number of hydrogen-bond donors (Lipinski definition) is 0. The third-order valence-corrected chi connectivity index (χ3v) is 3.36. The molecule has 0 bridgehead atoms. The second kappa shape index (κ2) is 4.59. The first-order chi connectivity index (χ1) is 8.77. The van der Waals surface area contributed by atoms with Crippen LogP contribution in [-0.2, 0) is 9.47 Å². The SMILES string of the molecule is Cc1cc(C2OCCO2)c(C)n1-c1ccccc1. The van der Waals surface area contributed by atoms with E-state index in [0.29, 0.717) is 13.2 Å². The minimum Gasteiger partial charge on any atom is -0.346 e. The van der Waals surface area contributed by atoms with Gasteiger partial charge in [0.15, 0.2) is 6.29 Å². The molecule has 0 spiro atoms. The second-order valence-electron chi connectivity index (χ2n) is 4.57. The van der Waals surface area contributed by atoms with Gasteiger partial charge in [0.25, 0.3) is 0 Å². The van der Waals surface area contributed by atoms with E-state index in [4.69, 9.17) is 9.47 Å². The molecule has 94 valence electrons. The fraction of sp³-hybridized carbons (Fsp3) is 0.333. The van der Waals surface area contributed by atoms with Crippen molar-refractivity contribution in [2.75, 3.05) is 13.2 Å². The third kappa shape index (κ3) is 1.85. The zero-order chi connectivity index (χ0) is 12.5. The summed E-state index contributed by atoms with van der Waals surface area (Å²) in [7, 11) is 0. The summed E-state index contributed by atoms with van der Waals surface area (Å²) >= 11 is 0. The second-order valence-corrected chi connectivity index (χ2v) is 4.57. The lowest BCUT2D eigenvalue weighted by Gasteiger charge is -2.12. The third-order valence-electron chi connectivity index (χ3n) is 3.36. The molecule has 1 aliphatic rings. The van der Waals surface area contributed by atoms with Crippen molar-refractivity contribution in [1.29, 1.82) is 0 Å². The smallest absolute Gasteiger partial charge is 0.185 e. The van der Waals surface area contributed by atoms with Crippen molar-refractivity contribution in [3.05, 3.63) is 53.3 Å². The lowest BCUT2D eigenvalue weighted by molar-refractivity contribution is -0.0445. The van der Waals surface area contributed by atoms with Crippen LogP contribution in [0.4, 0.5) is 0 Å². The Labute approximate surface area is 107 Å². The predicted molar refractivity (Wildman–Crippen MR) is 69.9 cm³/mol. The molecule has 3 heteroatoms. The summed E-state index contributed by atoms with van der Waals surface area (Å²) in [5, 5.41) is 0. The van der Waals surface area contributed by atoms with Crippen LogP contribution in [0.25, 0.3) is 5.69 Å². The molecule has 0 amide bonds. The highest BCUT2D eigenvalue weighted by Gasteiger charge is 2.23. The molecule has 3 rings (SSSR count). The maximum Gasteiger partial charge on any atom is 0.185 e. The van der Waals surface area contributed by atoms with E-state index in [1.807, 2.05) is 6.07 Å². The zero-order valence-corrected chi connectivity index (χ0v) is 10.7. The summed E-state index contributed by atoms with van der Waals surface area (Å²) in [6.45, 7) is 5.58. The van der Waals surface area contributed by atoms with Crippen LogP contribution in [0.3, 0.4) is 0 Å². The summed E-state index contributed by atoms with van der Waals surface area (Å²) in [6.07, 6.45) is -0.200. The molecule has 0 saturated carbocycles. The van der Waals surface area contributed by atoms with Crippen LogP contribution in [0.1, 0.15) is 23.2 Å². The fourth-order valence-electron chi connectivity index (χ4n) is 2.54. The molecule has 3 nitrogen and oxygen atoms in total. The number of aryl methyl sites for hydroxylation is 1. The molecule has 0 unspecified atom stereocenters. The normalized spacial score (nSPS) is 16.3. The Balaban J connectivity index is 2.06. The van der Waals surface area contributed by atoms with Gasteiger partial charge in [0.1, 0.15) is 0 Å². The fourth-order valence-corrected chi connectivity index (χ4v) is 2.54. The number of benzene rings is 1. The van der Waals surface area contributed by atoms with Crippen LogP contribution >= 0.6 is 0 Å². The average molecular weight is 243 g/mol. The monoisotopic (exact) mass is 243 g/mol. The summed E-state index contributed by atoms with van der Waals surface area (Å²) < 4.78 is 13.4. The van der Waals surface area contributed by atoms with Gasteiger partial charge in [-0.3, -0.25) is 0 Å². The molecule has 1 aliphatic heterocycles. The topological polar surface area (TPSA) is 23.4 Å². The van der Waals surface area contributed by atoms with E-state index in [2.05, 4.69) is 48.7 Å². The predicted octanol–water partition coefficient (Wildman–Crippen LogP) is 3.14. The molecule has 1 fully saturated rings. The van der Waals surface area contributed by atoms with E-state index in [9.17, 15) is 0 Å². The largest absolute Gasteiger partial charge is 0.346 e. The van der Waals surface area contributed by atoms with Crippen molar-refractivity contribution in [3.63, 3.8) is 0 Å². The minimum absolute atomic E-state index is 0.200. The van der Waals surface area contributed by atoms with Gasteiger partial charge in [0, 0.05) is 22.6 Å². The quantitative estimate of drug-likeness (QED) is 0.809. The standard InChI is InChI=1S/C15H17NO2/c1-11-10-14(15-17-8-9-18-15)12(2)16(11)13-6-4-3-5-7-13/h3-7,10,15H,8-9H2,1-2H3. The van der Waals surface area contributed by atoms with Crippen LogP contribution in [0.5, 0.6) is 0 Å². The Kier molecular flexibility index (Phi) is 2.94. The van der Waals surface area contributed by atoms with Gasteiger partial charge < -0.3 is 14.0 Å². The van der Waals surface area contributed by atoms with Crippen LogP contribution in [-0.4, -0.2) is 17.8 Å². The van der Waals surface area contributed by atoms with Gasteiger partial charge >= 0.3 is 0 Å². The van der Waals surface area contributed by atoms with Gasteiger partial charge in [-0.2, -0.15) is 0 Å². The lowest BCUT2D eigenvalue weighted by Crippen LogP contribution is -2.02. The Bertz CT molecular complexity index is 539. The van der Waals surface area contributed by atoms with Crippen LogP contribution < -0.4 is 0 Å². The van der Waals surface area contributed by atoms with Crippen molar-refractivity contribution in [2.45, 2.75) is 20.1 Å². The molecular formula is C15H17NO2. The Morgan fingerprint density at radius 3 is 2.39 bits per heavy atom. The molecule has 1 aromatic heterocycles. The zero-order valence-electron chi connectivity index (χ0n) is 10.7. The first kappa shape index (κ1) is 11.5. The number of nitrogens with zero attached hydrogens (tertiary/aromatic N) is 1. The van der Waals surface area contributed by atoms with Crippen molar-refractivity contribution in [2.24, 2.45) is 0 Å². The number of hydrogen-bond acceptors (Lipinski definition) is 2. The lowest BCUT2D eigenvalue weighted by atomic mass is 10.2. The van der Waals surface area contributed by atoms with E-state index >= 15 is 0 Å². The van der Waals surface area contributed by atoms with Gasteiger partial charge in [-0.1, -0.05) is 18.2 Å². The first-order valence-electron chi connectivity index (χ1n) is 6.25. The van der Waals surface area contributed by atoms with Gasteiger partial charge in [-0.05, 0) is 32.0 Å². The van der Waals surface area contributed by atoms with E-state index in [-0.39, 0.29) is 6.29 Å². The van der Waals surface area contributed by atoms with Gasteiger partial charge in [0.05, 0.1) is 13.2 Å². The number of aromatic nitrogens is 1. The van der Waals surface area contributed by atoms with E-state index in [0.717, 1.165) is 5.56 Å². The molecule has 0 N–H and O–H groups in total. The summed E-state index contributed by atoms with van der Waals surface area (Å²) in [5.41, 5.74) is 4.70. The summed E-state index contributed by atoms with van der Waals surface area (Å²) in [6, 6.07) is 12.5. The van der Waals surface area contributed by atoms with Crippen molar-refractivity contribution in [3.8, 4) is 5.69 Å². The highest BCUT2D eigenvalue weighted by atomic mass is 16.7. The van der Waals surface area contributed by atoms with Gasteiger partial charge in [0.2, 0.25) is 0 Å². The highest BCUT2D eigenvalue weighted by molar-refractivity contribution is 5.41. The Hall–Kier alpha value is -1.58. The highest BCUT2D eigenvalue weighted by Crippen LogP contribution is 2.30. The Morgan fingerprint density at radius 1 is 1.06 bits per heavy atom. The molecule has 1 saturated heterocycles. The number of para-hydroxylation sites is 1. The molecular weight excluding hydrogens is 226 g/mol. The van der Waals surface area contributed by atoms with Gasteiger partial charge in [-0.25, -0.2) is 0 Å². The van der Waals surface area contributed by atoms with Crippen molar-refractivity contribution in [1.82, 2.24) is 4.57 Å². The minimum atomic E-state index is -0.200. The molecule has 0 radical (unpaired) electrons.